The molecule has 2 aliphatic rings. The van der Waals surface area contributed by atoms with Gasteiger partial charge in [0.2, 0.25) is 5.91 Å². The quantitative estimate of drug-likeness (QED) is 0.934. The molecular weight excluding hydrogens is 288 g/mol. The minimum atomic E-state index is -0.618. The molecule has 1 aliphatic carbocycles. The van der Waals surface area contributed by atoms with E-state index in [1.165, 1.54) is 0 Å². The average molecular weight is 305 g/mol. The number of nitrogens with zero attached hydrogens (tertiary/aromatic N) is 1. The van der Waals surface area contributed by atoms with Gasteiger partial charge in [0.25, 0.3) is 0 Å². The molecule has 1 N–H and O–H groups in total. The first kappa shape index (κ1) is 14.4. The van der Waals surface area contributed by atoms with Crippen LogP contribution >= 0.6 is 11.6 Å². The van der Waals surface area contributed by atoms with E-state index >= 15 is 0 Å². The summed E-state index contributed by atoms with van der Waals surface area (Å²) >= 11 is 5.84. The van der Waals surface area contributed by atoms with Crippen LogP contribution in [0, 0.1) is 22.7 Å². The van der Waals surface area contributed by atoms with Crippen molar-refractivity contribution in [3.8, 4) is 6.07 Å². The van der Waals surface area contributed by atoms with Gasteiger partial charge < -0.3 is 10.1 Å². The van der Waals surface area contributed by atoms with Crippen molar-refractivity contribution in [2.75, 3.05) is 13.2 Å². The molecule has 110 valence electrons. The minimum absolute atomic E-state index is 0.0154. The number of carbonyl (C=O) groups excluding carboxylic acids is 1. The number of ether oxygens (including phenoxy) is 1. The Kier molecular flexibility index (Phi) is 3.88. The molecule has 1 amide bonds. The van der Waals surface area contributed by atoms with Gasteiger partial charge in [0, 0.05) is 24.2 Å². The summed E-state index contributed by atoms with van der Waals surface area (Å²) in [7, 11) is 0. The maximum atomic E-state index is 12.4. The first-order valence-corrected chi connectivity index (χ1v) is 7.56. The molecule has 2 fully saturated rings. The summed E-state index contributed by atoms with van der Waals surface area (Å²) in [6.07, 6.45) is 2.81. The van der Waals surface area contributed by atoms with Gasteiger partial charge in [0.05, 0.1) is 6.07 Å². The summed E-state index contributed by atoms with van der Waals surface area (Å²) < 4.78 is 5.36. The van der Waals surface area contributed by atoms with Gasteiger partial charge in [-0.1, -0.05) is 23.7 Å². The van der Waals surface area contributed by atoms with E-state index in [1.54, 1.807) is 24.3 Å². The third kappa shape index (κ3) is 2.90. The van der Waals surface area contributed by atoms with Gasteiger partial charge >= 0.3 is 0 Å². The zero-order chi connectivity index (χ0) is 14.9. The predicted octanol–water partition coefficient (Wildman–Crippen LogP) is 2.84. The third-order valence-corrected chi connectivity index (χ3v) is 4.87. The largest absolute Gasteiger partial charge is 0.381 e. The van der Waals surface area contributed by atoms with Gasteiger partial charge in [-0.2, -0.15) is 5.26 Å². The monoisotopic (exact) mass is 304 g/mol. The number of carbonyl (C=O) groups is 1. The van der Waals surface area contributed by atoms with E-state index in [1.807, 2.05) is 0 Å². The van der Waals surface area contributed by atoms with Crippen LogP contribution in [-0.4, -0.2) is 19.1 Å². The SMILES string of the molecule is N#C[C@@H](NC(=O)[C@H]1CC12CCOCC2)c1ccc(Cl)cc1. The molecule has 0 radical (unpaired) electrons. The second-order valence-electron chi connectivity index (χ2n) is 5.85. The van der Waals surface area contributed by atoms with Crippen LogP contribution in [0.15, 0.2) is 24.3 Å². The van der Waals surface area contributed by atoms with E-state index in [-0.39, 0.29) is 17.2 Å². The number of halogens is 1. The van der Waals surface area contributed by atoms with Crippen molar-refractivity contribution in [3.63, 3.8) is 0 Å². The van der Waals surface area contributed by atoms with Crippen LogP contribution in [0.1, 0.15) is 30.9 Å². The molecule has 0 unspecified atom stereocenters. The minimum Gasteiger partial charge on any atom is -0.381 e. The molecule has 1 heterocycles. The number of hydrogen-bond acceptors (Lipinski definition) is 3. The lowest BCUT2D eigenvalue weighted by atomic mass is 9.93. The molecule has 21 heavy (non-hydrogen) atoms. The normalized spacial score (nSPS) is 24.1. The number of amides is 1. The van der Waals surface area contributed by atoms with Gasteiger partial charge in [-0.3, -0.25) is 4.79 Å². The number of nitrogens with one attached hydrogen (secondary N) is 1. The Morgan fingerprint density at radius 2 is 2.05 bits per heavy atom. The number of benzene rings is 1. The van der Waals surface area contributed by atoms with Crippen molar-refractivity contribution >= 4 is 17.5 Å². The van der Waals surface area contributed by atoms with Gasteiger partial charge in [-0.25, -0.2) is 0 Å². The summed E-state index contributed by atoms with van der Waals surface area (Å²) in [6.45, 7) is 1.48. The maximum absolute atomic E-state index is 12.4. The highest BCUT2D eigenvalue weighted by molar-refractivity contribution is 6.30. The molecule has 1 saturated heterocycles. The van der Waals surface area contributed by atoms with E-state index in [4.69, 9.17) is 16.3 Å². The van der Waals surface area contributed by atoms with E-state index < -0.39 is 6.04 Å². The van der Waals surface area contributed by atoms with Crippen molar-refractivity contribution in [2.45, 2.75) is 25.3 Å². The van der Waals surface area contributed by atoms with Crippen molar-refractivity contribution in [2.24, 2.45) is 11.3 Å². The molecule has 1 aromatic rings. The summed E-state index contributed by atoms with van der Waals surface area (Å²) in [4.78, 5) is 12.4. The molecule has 5 heteroatoms. The molecule has 4 nitrogen and oxygen atoms in total. The van der Waals surface area contributed by atoms with E-state index in [0.717, 1.165) is 38.0 Å². The molecule has 1 aromatic carbocycles. The molecule has 1 spiro atoms. The Bertz CT molecular complexity index is 573. The van der Waals surface area contributed by atoms with E-state index in [2.05, 4.69) is 11.4 Å². The van der Waals surface area contributed by atoms with Crippen LogP contribution in [-0.2, 0) is 9.53 Å². The van der Waals surface area contributed by atoms with Gasteiger partial charge in [-0.15, -0.1) is 0 Å². The maximum Gasteiger partial charge on any atom is 0.224 e. The van der Waals surface area contributed by atoms with E-state index in [0.29, 0.717) is 5.02 Å². The Labute approximate surface area is 129 Å². The van der Waals surface area contributed by atoms with Gasteiger partial charge in [-0.05, 0) is 42.4 Å². The van der Waals surface area contributed by atoms with E-state index in [9.17, 15) is 10.1 Å². The fraction of sp³-hybridized carbons (Fsp3) is 0.500. The molecule has 2 atom stereocenters. The average Bonchev–Trinajstić information content (AvgIpc) is 3.20. The highest BCUT2D eigenvalue weighted by Crippen LogP contribution is 2.59. The zero-order valence-corrected chi connectivity index (χ0v) is 12.4. The van der Waals surface area contributed by atoms with Crippen molar-refractivity contribution in [1.29, 1.82) is 5.26 Å². The lowest BCUT2D eigenvalue weighted by Crippen LogP contribution is -2.32. The van der Waals surface area contributed by atoms with Crippen LogP contribution in [0.3, 0.4) is 0 Å². The highest BCUT2D eigenvalue weighted by atomic mass is 35.5. The topological polar surface area (TPSA) is 62.1 Å². The first-order valence-electron chi connectivity index (χ1n) is 7.18. The fourth-order valence-corrected chi connectivity index (χ4v) is 3.26. The van der Waals surface area contributed by atoms with Crippen LogP contribution in [0.5, 0.6) is 0 Å². The van der Waals surface area contributed by atoms with Gasteiger partial charge in [0.15, 0.2) is 0 Å². The lowest BCUT2D eigenvalue weighted by Gasteiger charge is -2.23. The van der Waals surface area contributed by atoms with Crippen LogP contribution in [0.2, 0.25) is 5.02 Å². The Hall–Kier alpha value is -1.57. The Morgan fingerprint density at radius 3 is 2.67 bits per heavy atom. The third-order valence-electron chi connectivity index (χ3n) is 4.61. The molecular formula is C16H17ClN2O2. The first-order chi connectivity index (χ1) is 10.1. The molecule has 0 bridgehead atoms. The standard InChI is InChI=1S/C16H17ClN2O2/c17-12-3-1-11(2-4-12)14(10-18)19-15(20)13-9-16(13)5-7-21-8-6-16/h1-4,13-14H,5-9H2,(H,19,20)/t13-,14-/m1/s1. The second-order valence-corrected chi connectivity index (χ2v) is 6.29. The number of rotatable bonds is 3. The zero-order valence-electron chi connectivity index (χ0n) is 11.6. The number of hydrogen-bond donors (Lipinski definition) is 1. The van der Waals surface area contributed by atoms with Crippen LogP contribution in [0.25, 0.3) is 0 Å². The fourth-order valence-electron chi connectivity index (χ4n) is 3.14. The summed E-state index contributed by atoms with van der Waals surface area (Å²) in [5, 5.41) is 12.8. The molecule has 1 aliphatic heterocycles. The smallest absolute Gasteiger partial charge is 0.224 e. The predicted molar refractivity (Wildman–Crippen MR) is 78.5 cm³/mol. The summed E-state index contributed by atoms with van der Waals surface area (Å²) in [5.74, 6) is 0.0166. The number of nitriles is 1. The van der Waals surface area contributed by atoms with Crippen molar-refractivity contribution in [3.05, 3.63) is 34.9 Å². The van der Waals surface area contributed by atoms with Crippen LogP contribution < -0.4 is 5.32 Å². The molecule has 3 rings (SSSR count). The Balaban J connectivity index is 1.64. The van der Waals surface area contributed by atoms with Crippen molar-refractivity contribution < 1.29 is 9.53 Å². The summed E-state index contributed by atoms with van der Waals surface area (Å²) in [6, 6.07) is 8.52. The summed E-state index contributed by atoms with van der Waals surface area (Å²) in [5.41, 5.74) is 0.888. The molecule has 0 aromatic heterocycles. The van der Waals surface area contributed by atoms with Gasteiger partial charge in [0.1, 0.15) is 6.04 Å². The highest BCUT2D eigenvalue weighted by Gasteiger charge is 2.58. The Morgan fingerprint density at radius 1 is 1.38 bits per heavy atom. The van der Waals surface area contributed by atoms with Crippen molar-refractivity contribution in [1.82, 2.24) is 5.32 Å². The lowest BCUT2D eigenvalue weighted by molar-refractivity contribution is -0.124. The second kappa shape index (κ2) is 5.67. The van der Waals surface area contributed by atoms with Crippen LogP contribution in [0.4, 0.5) is 0 Å². The molecule has 1 saturated carbocycles.